The highest BCUT2D eigenvalue weighted by molar-refractivity contribution is 6.02. The number of ketones is 1. The first-order chi connectivity index (χ1) is 9.66. The first kappa shape index (κ1) is 12.5. The Bertz CT molecular complexity index is 670. The number of nitrogens with zero attached hydrogens (tertiary/aromatic N) is 1. The summed E-state index contributed by atoms with van der Waals surface area (Å²) in [4.78, 5) is 22.5. The fourth-order valence-electron chi connectivity index (χ4n) is 2.27. The van der Waals surface area contributed by atoms with Crippen LogP contribution in [-0.4, -0.2) is 16.7 Å². The molecule has 1 aliphatic rings. The van der Waals surface area contributed by atoms with Gasteiger partial charge in [-0.15, -0.1) is 0 Å². The van der Waals surface area contributed by atoms with Crippen molar-refractivity contribution in [2.24, 2.45) is 0 Å². The van der Waals surface area contributed by atoms with Crippen LogP contribution in [0.2, 0.25) is 0 Å². The predicted octanol–water partition coefficient (Wildman–Crippen LogP) is 2.49. The summed E-state index contributed by atoms with van der Waals surface area (Å²) in [5.74, 6) is 0.0158. The van der Waals surface area contributed by atoms with Crippen molar-refractivity contribution >= 4 is 11.5 Å². The Labute approximate surface area is 115 Å². The van der Waals surface area contributed by atoms with Crippen LogP contribution >= 0.6 is 0 Å². The van der Waals surface area contributed by atoms with Crippen LogP contribution in [0.1, 0.15) is 22.0 Å². The normalized spacial score (nSPS) is 20.4. The largest absolute Gasteiger partial charge is 0.297 e. The third-order valence-corrected chi connectivity index (χ3v) is 3.36. The summed E-state index contributed by atoms with van der Waals surface area (Å²) in [5.41, 5.74) is 1.47. The molecule has 0 amide bonds. The van der Waals surface area contributed by atoms with Crippen molar-refractivity contribution in [3.8, 4) is 0 Å². The van der Waals surface area contributed by atoms with Gasteiger partial charge in [-0.05, 0) is 5.56 Å². The standard InChI is InChI=1S/C15H12N2O3/c18-15(10-5-2-1-3-6-10)14-13(16-14)11-7-4-8-12(9-11)17(19)20/h1-9,13-14,16H/t13-,14-/m0/s1. The number of nitro benzene ring substituents is 1. The molecule has 3 rings (SSSR count). The molecule has 2 atom stereocenters. The number of carbonyl (C=O) groups is 1. The smallest absolute Gasteiger partial charge is 0.269 e. The molecule has 1 heterocycles. The topological polar surface area (TPSA) is 82.2 Å². The van der Waals surface area contributed by atoms with E-state index in [1.54, 1.807) is 24.3 Å². The Morgan fingerprint density at radius 1 is 1.10 bits per heavy atom. The van der Waals surface area contributed by atoms with E-state index in [4.69, 9.17) is 0 Å². The second kappa shape index (κ2) is 4.86. The van der Waals surface area contributed by atoms with Gasteiger partial charge in [-0.25, -0.2) is 0 Å². The van der Waals surface area contributed by atoms with Gasteiger partial charge in [0.1, 0.15) is 0 Å². The van der Waals surface area contributed by atoms with E-state index < -0.39 is 4.92 Å². The summed E-state index contributed by atoms with van der Waals surface area (Å²) < 4.78 is 0. The minimum Gasteiger partial charge on any atom is -0.297 e. The van der Waals surface area contributed by atoms with Crippen LogP contribution in [0, 0.1) is 10.1 Å². The van der Waals surface area contributed by atoms with Crippen LogP contribution in [0.3, 0.4) is 0 Å². The van der Waals surface area contributed by atoms with Crippen molar-refractivity contribution in [2.45, 2.75) is 12.1 Å². The number of benzene rings is 2. The number of rotatable bonds is 4. The molecule has 1 N–H and O–H groups in total. The minimum atomic E-state index is -0.431. The van der Waals surface area contributed by atoms with Crippen LogP contribution in [-0.2, 0) is 0 Å². The van der Waals surface area contributed by atoms with Crippen molar-refractivity contribution in [1.29, 1.82) is 0 Å². The monoisotopic (exact) mass is 268 g/mol. The summed E-state index contributed by atoms with van der Waals surface area (Å²) in [5, 5.41) is 13.8. The highest BCUT2D eigenvalue weighted by atomic mass is 16.6. The van der Waals surface area contributed by atoms with Gasteiger partial charge in [0.2, 0.25) is 0 Å². The summed E-state index contributed by atoms with van der Waals surface area (Å²) in [7, 11) is 0. The molecule has 0 radical (unpaired) electrons. The van der Waals surface area contributed by atoms with Crippen molar-refractivity contribution in [2.75, 3.05) is 0 Å². The zero-order valence-corrected chi connectivity index (χ0v) is 10.5. The van der Waals surface area contributed by atoms with E-state index >= 15 is 0 Å². The second-order valence-corrected chi connectivity index (χ2v) is 4.70. The van der Waals surface area contributed by atoms with Gasteiger partial charge in [0.15, 0.2) is 5.78 Å². The van der Waals surface area contributed by atoms with Crippen LogP contribution in [0.25, 0.3) is 0 Å². The van der Waals surface area contributed by atoms with Crippen molar-refractivity contribution < 1.29 is 9.72 Å². The lowest BCUT2D eigenvalue weighted by atomic mass is 10.0. The second-order valence-electron chi connectivity index (χ2n) is 4.70. The number of carbonyl (C=O) groups excluding carboxylic acids is 1. The molecule has 0 bridgehead atoms. The molecule has 1 saturated heterocycles. The molecule has 0 spiro atoms. The molecule has 100 valence electrons. The van der Waals surface area contributed by atoms with E-state index in [1.807, 2.05) is 18.2 Å². The molecule has 2 aromatic rings. The summed E-state index contributed by atoms with van der Waals surface area (Å²) in [6.45, 7) is 0. The lowest BCUT2D eigenvalue weighted by molar-refractivity contribution is -0.384. The molecule has 1 fully saturated rings. The highest BCUT2D eigenvalue weighted by Gasteiger charge is 2.43. The molecule has 1 aliphatic heterocycles. The number of nitrogens with one attached hydrogen (secondary N) is 1. The van der Waals surface area contributed by atoms with Gasteiger partial charge in [-0.3, -0.25) is 20.2 Å². The maximum atomic E-state index is 12.2. The van der Waals surface area contributed by atoms with Gasteiger partial charge in [0, 0.05) is 17.7 Å². The fourth-order valence-corrected chi connectivity index (χ4v) is 2.27. The minimum absolute atomic E-state index is 0.0158. The van der Waals surface area contributed by atoms with Crippen molar-refractivity contribution in [3.05, 3.63) is 75.8 Å². The van der Waals surface area contributed by atoms with E-state index in [0.717, 1.165) is 5.56 Å². The Kier molecular flexibility index (Phi) is 3.04. The summed E-state index contributed by atoms with van der Waals surface area (Å²) in [6, 6.07) is 15.0. The van der Waals surface area contributed by atoms with E-state index in [0.29, 0.717) is 5.56 Å². The molecular weight excluding hydrogens is 256 g/mol. The molecule has 5 heteroatoms. The lowest BCUT2D eigenvalue weighted by Gasteiger charge is -1.99. The highest BCUT2D eigenvalue weighted by Crippen LogP contribution is 2.33. The van der Waals surface area contributed by atoms with E-state index in [-0.39, 0.29) is 23.6 Å². The number of non-ortho nitro benzene ring substituents is 1. The SMILES string of the molecule is O=C(c1ccccc1)[C@H]1N[C@H]1c1cccc([N+](=O)[O-])c1. The molecule has 20 heavy (non-hydrogen) atoms. The molecule has 2 aromatic carbocycles. The molecule has 0 aromatic heterocycles. The van der Waals surface area contributed by atoms with Gasteiger partial charge in [-0.1, -0.05) is 42.5 Å². The van der Waals surface area contributed by atoms with Crippen LogP contribution in [0.4, 0.5) is 5.69 Å². The average Bonchev–Trinajstić information content (AvgIpc) is 3.28. The molecule has 5 nitrogen and oxygen atoms in total. The third-order valence-electron chi connectivity index (χ3n) is 3.36. The van der Waals surface area contributed by atoms with Gasteiger partial charge in [-0.2, -0.15) is 0 Å². The van der Waals surface area contributed by atoms with E-state index in [9.17, 15) is 14.9 Å². The maximum absolute atomic E-state index is 12.2. The Morgan fingerprint density at radius 2 is 1.85 bits per heavy atom. The first-order valence-corrected chi connectivity index (χ1v) is 6.26. The van der Waals surface area contributed by atoms with Gasteiger partial charge in [0.25, 0.3) is 5.69 Å². The Balaban J connectivity index is 1.78. The lowest BCUT2D eigenvalue weighted by Crippen LogP contribution is -2.10. The third kappa shape index (κ3) is 2.31. The zero-order chi connectivity index (χ0) is 14.1. The summed E-state index contributed by atoms with van der Waals surface area (Å²) in [6.07, 6.45) is 0. The quantitative estimate of drug-likeness (QED) is 0.399. The Morgan fingerprint density at radius 3 is 2.55 bits per heavy atom. The van der Waals surface area contributed by atoms with Gasteiger partial charge < -0.3 is 0 Å². The molecule has 0 unspecified atom stereocenters. The van der Waals surface area contributed by atoms with Crippen molar-refractivity contribution in [1.82, 2.24) is 5.32 Å². The van der Waals surface area contributed by atoms with Crippen LogP contribution < -0.4 is 5.32 Å². The molecule has 0 saturated carbocycles. The zero-order valence-electron chi connectivity index (χ0n) is 10.5. The van der Waals surface area contributed by atoms with E-state index in [1.165, 1.54) is 12.1 Å². The van der Waals surface area contributed by atoms with Crippen LogP contribution in [0.5, 0.6) is 0 Å². The Hall–Kier alpha value is -2.53. The summed E-state index contributed by atoms with van der Waals surface area (Å²) >= 11 is 0. The van der Waals surface area contributed by atoms with Crippen molar-refractivity contribution in [3.63, 3.8) is 0 Å². The number of nitro groups is 1. The molecule has 0 aliphatic carbocycles. The van der Waals surface area contributed by atoms with Gasteiger partial charge in [0.05, 0.1) is 17.0 Å². The maximum Gasteiger partial charge on any atom is 0.269 e. The first-order valence-electron chi connectivity index (χ1n) is 6.26. The fraction of sp³-hybridized carbons (Fsp3) is 0.133. The van der Waals surface area contributed by atoms with E-state index in [2.05, 4.69) is 5.32 Å². The number of hydrogen-bond donors (Lipinski definition) is 1. The molecular formula is C15H12N2O3. The van der Waals surface area contributed by atoms with Crippen LogP contribution in [0.15, 0.2) is 54.6 Å². The average molecular weight is 268 g/mol. The number of Topliss-reactive ketones (excluding diaryl/α,β-unsaturated/α-hetero) is 1. The predicted molar refractivity (Wildman–Crippen MR) is 73.5 cm³/mol. The number of hydrogen-bond acceptors (Lipinski definition) is 4. The van der Waals surface area contributed by atoms with Gasteiger partial charge >= 0.3 is 0 Å².